The van der Waals surface area contributed by atoms with Gasteiger partial charge < -0.3 is 20.0 Å². The van der Waals surface area contributed by atoms with Crippen LogP contribution in [-0.4, -0.2) is 33.0 Å². The Bertz CT molecular complexity index is 1170. The monoisotopic (exact) mass is 409 g/mol. The average molecular weight is 409 g/mol. The molecular formula is C22H23N3O5. The normalized spacial score (nSPS) is 11.3. The number of nitrogen functional groups attached to an aromatic ring is 1. The lowest BCUT2D eigenvalue weighted by molar-refractivity contribution is 0.0634. The number of hydrogen-bond acceptors (Lipinski definition) is 5. The van der Waals surface area contributed by atoms with E-state index < -0.39 is 23.4 Å². The van der Waals surface area contributed by atoms with Gasteiger partial charge in [0.25, 0.3) is 0 Å². The summed E-state index contributed by atoms with van der Waals surface area (Å²) >= 11 is 0. The maximum absolute atomic E-state index is 13.3. The van der Waals surface area contributed by atoms with Gasteiger partial charge in [-0.1, -0.05) is 6.07 Å². The number of carboxylic acid groups (broad SMARTS) is 1. The summed E-state index contributed by atoms with van der Waals surface area (Å²) in [5.41, 5.74) is 7.02. The van der Waals surface area contributed by atoms with E-state index in [1.54, 1.807) is 56.5 Å². The van der Waals surface area contributed by atoms with Gasteiger partial charge in [0.05, 0.1) is 22.5 Å². The molecule has 4 N–H and O–H groups in total. The number of fused-ring (bicyclic) bond motifs is 1. The predicted octanol–water partition coefficient (Wildman–Crippen LogP) is 4.11. The molecule has 0 saturated heterocycles. The smallest absolute Gasteiger partial charge is 0.412 e. The van der Waals surface area contributed by atoms with Crippen LogP contribution in [0.3, 0.4) is 0 Å². The summed E-state index contributed by atoms with van der Waals surface area (Å²) in [6.45, 7) is 6.98. The second-order valence-electron chi connectivity index (χ2n) is 7.87. The van der Waals surface area contributed by atoms with Crippen molar-refractivity contribution in [3.05, 3.63) is 65.0 Å². The number of hydrogen-bond donors (Lipinski definition) is 3. The molecule has 0 aliphatic heterocycles. The summed E-state index contributed by atoms with van der Waals surface area (Å²) in [4.78, 5) is 37.0. The first-order valence-electron chi connectivity index (χ1n) is 9.27. The Kier molecular flexibility index (Phi) is 5.26. The number of amides is 1. The number of aromatic nitrogens is 1. The van der Waals surface area contributed by atoms with Gasteiger partial charge in [0.2, 0.25) is 5.78 Å². The molecule has 1 aromatic carbocycles. The molecule has 8 heteroatoms. The number of nitrogens with one attached hydrogen (secondary N) is 1. The predicted molar refractivity (Wildman–Crippen MR) is 113 cm³/mol. The van der Waals surface area contributed by atoms with E-state index in [1.165, 1.54) is 18.2 Å². The summed E-state index contributed by atoms with van der Waals surface area (Å²) in [5.74, 6) is -1.61. The van der Waals surface area contributed by atoms with Crippen LogP contribution in [0.1, 0.15) is 52.7 Å². The number of nitrogens with two attached hydrogens (primary N) is 1. The molecule has 0 aliphatic carbocycles. The Morgan fingerprint density at radius 1 is 1.13 bits per heavy atom. The first-order valence-corrected chi connectivity index (χ1v) is 9.27. The van der Waals surface area contributed by atoms with Crippen LogP contribution in [0.25, 0.3) is 5.52 Å². The molecule has 3 rings (SSSR count). The van der Waals surface area contributed by atoms with Crippen molar-refractivity contribution in [1.82, 2.24) is 4.40 Å². The lowest BCUT2D eigenvalue weighted by atomic mass is 10.0. The minimum atomic E-state index is -1.22. The van der Waals surface area contributed by atoms with E-state index in [2.05, 4.69) is 5.32 Å². The molecular weight excluding hydrogens is 386 g/mol. The standard InChI is InChI=1S/C22H23N3O5/c1-12-17(24-21(29)30-22(2,3)4)16-7-5-6-10-25(16)18(12)19(26)13-8-9-15(23)14(11-13)20(27)28/h5-11H,23H2,1-4H3,(H,24,29)(H,27,28). The maximum Gasteiger partial charge on any atom is 0.412 e. The fourth-order valence-electron chi connectivity index (χ4n) is 3.20. The van der Waals surface area contributed by atoms with E-state index in [-0.39, 0.29) is 16.8 Å². The molecule has 30 heavy (non-hydrogen) atoms. The minimum absolute atomic E-state index is 0.0723. The average Bonchev–Trinajstić information content (AvgIpc) is 2.91. The minimum Gasteiger partial charge on any atom is -0.478 e. The van der Waals surface area contributed by atoms with Crippen molar-refractivity contribution in [2.75, 3.05) is 11.1 Å². The third kappa shape index (κ3) is 3.98. The summed E-state index contributed by atoms with van der Waals surface area (Å²) in [7, 11) is 0. The zero-order chi connectivity index (χ0) is 22.2. The van der Waals surface area contributed by atoms with Crippen molar-refractivity contribution in [2.24, 2.45) is 0 Å². The van der Waals surface area contributed by atoms with E-state index in [0.717, 1.165) is 0 Å². The number of carboxylic acids is 1. The SMILES string of the molecule is Cc1c(NC(=O)OC(C)(C)C)c2ccccn2c1C(=O)c1ccc(N)c(C(=O)O)c1. The van der Waals surface area contributed by atoms with Gasteiger partial charge in [0.15, 0.2) is 0 Å². The molecule has 0 unspecified atom stereocenters. The van der Waals surface area contributed by atoms with Gasteiger partial charge in [-0.15, -0.1) is 0 Å². The first kappa shape index (κ1) is 20.9. The zero-order valence-electron chi connectivity index (χ0n) is 17.1. The lowest BCUT2D eigenvalue weighted by Crippen LogP contribution is -2.27. The molecule has 0 bridgehead atoms. The Balaban J connectivity index is 2.10. The highest BCUT2D eigenvalue weighted by atomic mass is 16.6. The van der Waals surface area contributed by atoms with Gasteiger partial charge in [-0.25, -0.2) is 9.59 Å². The van der Waals surface area contributed by atoms with Crippen molar-refractivity contribution < 1.29 is 24.2 Å². The van der Waals surface area contributed by atoms with Crippen molar-refractivity contribution in [2.45, 2.75) is 33.3 Å². The topological polar surface area (TPSA) is 123 Å². The van der Waals surface area contributed by atoms with Crippen LogP contribution < -0.4 is 11.1 Å². The molecule has 156 valence electrons. The van der Waals surface area contributed by atoms with Gasteiger partial charge >= 0.3 is 12.1 Å². The van der Waals surface area contributed by atoms with Crippen molar-refractivity contribution in [3.8, 4) is 0 Å². The summed E-state index contributed by atoms with van der Waals surface area (Å²) in [6, 6.07) is 9.43. The van der Waals surface area contributed by atoms with E-state index in [9.17, 15) is 19.5 Å². The highest BCUT2D eigenvalue weighted by Gasteiger charge is 2.25. The van der Waals surface area contributed by atoms with Gasteiger partial charge in [-0.2, -0.15) is 0 Å². The first-order chi connectivity index (χ1) is 14.0. The molecule has 2 heterocycles. The van der Waals surface area contributed by atoms with Crippen LogP contribution in [0.15, 0.2) is 42.6 Å². The van der Waals surface area contributed by atoms with E-state index in [1.807, 2.05) is 0 Å². The number of anilines is 2. The number of pyridine rings is 1. The Morgan fingerprint density at radius 3 is 2.47 bits per heavy atom. The molecule has 0 atom stereocenters. The van der Waals surface area contributed by atoms with Crippen LogP contribution in [0.5, 0.6) is 0 Å². The highest BCUT2D eigenvalue weighted by molar-refractivity contribution is 6.13. The lowest BCUT2D eigenvalue weighted by Gasteiger charge is -2.19. The Hall–Kier alpha value is -3.81. The fraction of sp³-hybridized carbons (Fsp3) is 0.227. The number of rotatable bonds is 4. The van der Waals surface area contributed by atoms with Gasteiger partial charge in [0.1, 0.15) is 5.60 Å². The molecule has 0 radical (unpaired) electrons. The quantitative estimate of drug-likeness (QED) is 0.440. The number of ether oxygens (including phenoxy) is 1. The molecule has 0 spiro atoms. The van der Waals surface area contributed by atoms with Crippen LogP contribution in [0.4, 0.5) is 16.2 Å². The molecule has 8 nitrogen and oxygen atoms in total. The summed E-state index contributed by atoms with van der Waals surface area (Å²) in [5, 5.41) is 12.0. The molecule has 2 aromatic heterocycles. The van der Waals surface area contributed by atoms with E-state index in [4.69, 9.17) is 10.5 Å². The van der Waals surface area contributed by atoms with Crippen LogP contribution >= 0.6 is 0 Å². The van der Waals surface area contributed by atoms with Gasteiger partial charge in [-0.3, -0.25) is 10.1 Å². The van der Waals surface area contributed by atoms with Crippen molar-refractivity contribution in [1.29, 1.82) is 0 Å². The molecule has 0 saturated carbocycles. The summed E-state index contributed by atoms with van der Waals surface area (Å²) in [6.07, 6.45) is 1.06. The van der Waals surface area contributed by atoms with Crippen molar-refractivity contribution in [3.63, 3.8) is 0 Å². The van der Waals surface area contributed by atoms with Gasteiger partial charge in [0, 0.05) is 23.0 Å². The molecule has 0 aliphatic rings. The Labute approximate surface area is 173 Å². The molecule has 3 aromatic rings. The number of benzene rings is 1. The highest BCUT2D eigenvalue weighted by Crippen LogP contribution is 2.31. The van der Waals surface area contributed by atoms with Crippen LogP contribution in [0, 0.1) is 6.92 Å². The fourth-order valence-corrected chi connectivity index (χ4v) is 3.20. The third-order valence-electron chi connectivity index (χ3n) is 4.47. The molecule has 0 fully saturated rings. The number of ketones is 1. The van der Waals surface area contributed by atoms with Crippen LogP contribution in [0.2, 0.25) is 0 Å². The second-order valence-corrected chi connectivity index (χ2v) is 7.87. The van der Waals surface area contributed by atoms with Crippen molar-refractivity contribution >= 4 is 34.7 Å². The number of aromatic carboxylic acids is 1. The van der Waals surface area contributed by atoms with E-state index >= 15 is 0 Å². The number of nitrogens with zero attached hydrogens (tertiary/aromatic N) is 1. The summed E-state index contributed by atoms with van der Waals surface area (Å²) < 4.78 is 6.99. The van der Waals surface area contributed by atoms with E-state index in [0.29, 0.717) is 22.5 Å². The third-order valence-corrected chi connectivity index (χ3v) is 4.47. The molecule has 1 amide bonds. The van der Waals surface area contributed by atoms with Crippen LogP contribution in [-0.2, 0) is 4.74 Å². The zero-order valence-corrected chi connectivity index (χ0v) is 17.1. The largest absolute Gasteiger partial charge is 0.478 e. The Morgan fingerprint density at radius 2 is 1.83 bits per heavy atom. The van der Waals surface area contributed by atoms with Gasteiger partial charge in [-0.05, 0) is 58.0 Å². The number of carbonyl (C=O) groups is 3. The maximum atomic E-state index is 13.3. The number of carbonyl (C=O) groups excluding carboxylic acids is 2. The second kappa shape index (κ2) is 7.55.